The van der Waals surface area contributed by atoms with E-state index in [1.165, 1.54) is 11.1 Å². The lowest BCUT2D eigenvalue weighted by Crippen LogP contribution is -2.14. The molecule has 3 rings (SSSR count). The number of nitrogens with two attached hydrogens (primary N) is 1. The maximum Gasteiger partial charge on any atom is 0.248 e. The van der Waals surface area contributed by atoms with Crippen LogP contribution in [0.2, 0.25) is 0 Å². The molecule has 0 aliphatic heterocycles. The summed E-state index contributed by atoms with van der Waals surface area (Å²) >= 11 is 0. The van der Waals surface area contributed by atoms with Crippen LogP contribution in [0.3, 0.4) is 0 Å². The molecule has 0 saturated carbocycles. The Morgan fingerprint density at radius 3 is 2.44 bits per heavy atom. The predicted octanol–water partition coefficient (Wildman–Crippen LogP) is 5.32. The highest BCUT2D eigenvalue weighted by atomic mass is 16.1. The fraction of sp³-hybridized carbons (Fsp3) is 0.375. The van der Waals surface area contributed by atoms with Crippen LogP contribution in [0.5, 0.6) is 0 Å². The van der Waals surface area contributed by atoms with Crippen LogP contribution in [-0.2, 0) is 15.6 Å². The van der Waals surface area contributed by atoms with Crippen LogP contribution in [0.25, 0.3) is 6.08 Å². The van der Waals surface area contributed by atoms with E-state index in [0.29, 0.717) is 0 Å². The Hall–Kier alpha value is -2.39. The predicted molar refractivity (Wildman–Crippen MR) is 114 cm³/mol. The Morgan fingerprint density at radius 2 is 1.81 bits per heavy atom. The van der Waals surface area contributed by atoms with E-state index in [4.69, 9.17) is 5.73 Å². The smallest absolute Gasteiger partial charge is 0.248 e. The number of nitrogens with one attached hydrogen (secondary N) is 1. The van der Waals surface area contributed by atoms with Gasteiger partial charge in [-0.2, -0.15) is 0 Å². The molecule has 0 aromatic heterocycles. The van der Waals surface area contributed by atoms with Crippen molar-refractivity contribution in [1.82, 2.24) is 0 Å². The molecule has 2 aromatic carbocycles. The van der Waals surface area contributed by atoms with Crippen LogP contribution in [0.1, 0.15) is 69.3 Å². The zero-order valence-corrected chi connectivity index (χ0v) is 17.0. The maximum absolute atomic E-state index is 12.3. The van der Waals surface area contributed by atoms with Crippen LogP contribution in [0.4, 0.5) is 5.69 Å². The first-order valence-electron chi connectivity index (χ1n) is 9.56. The maximum atomic E-state index is 12.3. The minimum atomic E-state index is -0.138. The molecule has 1 amide bonds. The first-order chi connectivity index (χ1) is 12.6. The molecule has 0 fully saturated rings. The van der Waals surface area contributed by atoms with Crippen molar-refractivity contribution in [2.45, 2.75) is 57.9 Å². The van der Waals surface area contributed by atoms with Crippen LogP contribution in [0, 0.1) is 0 Å². The van der Waals surface area contributed by atoms with Gasteiger partial charge in [0.05, 0.1) is 0 Å². The molecule has 3 N–H and O–H groups in total. The number of amides is 1. The first kappa shape index (κ1) is 19.4. The van der Waals surface area contributed by atoms with Crippen LogP contribution in [0.15, 0.2) is 48.5 Å². The van der Waals surface area contributed by atoms with Gasteiger partial charge in [-0.3, -0.25) is 4.79 Å². The summed E-state index contributed by atoms with van der Waals surface area (Å²) in [5.41, 5.74) is 12.0. The molecule has 3 nitrogen and oxygen atoms in total. The largest absolute Gasteiger partial charge is 0.324 e. The number of carbonyl (C=O) groups is 1. The highest BCUT2D eigenvalue weighted by Crippen LogP contribution is 2.44. The van der Waals surface area contributed by atoms with Gasteiger partial charge in [-0.05, 0) is 57.7 Å². The summed E-state index contributed by atoms with van der Waals surface area (Å²) in [6.45, 7) is 11.0. The van der Waals surface area contributed by atoms with Crippen molar-refractivity contribution < 1.29 is 4.79 Å². The molecule has 0 spiro atoms. The van der Waals surface area contributed by atoms with Gasteiger partial charge in [0, 0.05) is 17.8 Å². The van der Waals surface area contributed by atoms with E-state index in [9.17, 15) is 4.79 Å². The third kappa shape index (κ3) is 4.30. The average molecular weight is 363 g/mol. The number of hydrogen-bond donors (Lipinski definition) is 2. The Bertz CT molecular complexity index is 870. The van der Waals surface area contributed by atoms with Crippen molar-refractivity contribution in [2.24, 2.45) is 5.73 Å². The van der Waals surface area contributed by atoms with Gasteiger partial charge >= 0.3 is 0 Å². The standard InChI is InChI=1S/C24H30N2O/c1-23(2,3)17-9-6-16(7-10-17)8-13-22(27)26-18-11-12-20-19(14-18)21(25)15-24(20,4)5/h6-14,21H,15,25H2,1-5H3,(H,26,27)/b13-8+. The van der Waals surface area contributed by atoms with Gasteiger partial charge in [-0.25, -0.2) is 0 Å². The Kier molecular flexibility index (Phi) is 5.00. The first-order valence-corrected chi connectivity index (χ1v) is 9.56. The molecule has 3 heteroatoms. The number of fused-ring (bicyclic) bond motifs is 1. The van der Waals surface area contributed by atoms with Crippen molar-refractivity contribution >= 4 is 17.7 Å². The van der Waals surface area contributed by atoms with Crippen LogP contribution >= 0.6 is 0 Å². The van der Waals surface area contributed by atoms with Gasteiger partial charge in [0.1, 0.15) is 0 Å². The number of benzene rings is 2. The highest BCUT2D eigenvalue weighted by molar-refractivity contribution is 6.02. The molecule has 0 saturated heterocycles. The van der Waals surface area contributed by atoms with Gasteiger partial charge in [-0.1, -0.05) is 65.0 Å². The summed E-state index contributed by atoms with van der Waals surface area (Å²) in [5.74, 6) is -0.138. The third-order valence-corrected chi connectivity index (χ3v) is 5.38. The van der Waals surface area contributed by atoms with E-state index in [-0.39, 0.29) is 22.8 Å². The van der Waals surface area contributed by atoms with Crippen LogP contribution in [-0.4, -0.2) is 5.91 Å². The summed E-state index contributed by atoms with van der Waals surface area (Å²) in [5, 5.41) is 2.94. The summed E-state index contributed by atoms with van der Waals surface area (Å²) in [6.07, 6.45) is 4.34. The van der Waals surface area contributed by atoms with Gasteiger partial charge in [0.15, 0.2) is 0 Å². The Morgan fingerprint density at radius 1 is 1.15 bits per heavy atom. The summed E-state index contributed by atoms with van der Waals surface area (Å²) in [6, 6.07) is 14.4. The van der Waals surface area contributed by atoms with E-state index in [0.717, 1.165) is 23.2 Å². The topological polar surface area (TPSA) is 55.1 Å². The molecule has 27 heavy (non-hydrogen) atoms. The SMILES string of the molecule is CC(C)(C)c1ccc(/C=C/C(=O)Nc2ccc3c(c2)C(N)CC3(C)C)cc1. The molecule has 1 aliphatic carbocycles. The van der Waals surface area contributed by atoms with E-state index in [1.807, 2.05) is 30.3 Å². The van der Waals surface area contributed by atoms with Crippen molar-refractivity contribution in [3.63, 3.8) is 0 Å². The van der Waals surface area contributed by atoms with Gasteiger partial charge in [0.2, 0.25) is 5.91 Å². The fourth-order valence-electron chi connectivity index (χ4n) is 3.78. The molecule has 2 aromatic rings. The van der Waals surface area contributed by atoms with Crippen molar-refractivity contribution in [2.75, 3.05) is 5.32 Å². The van der Waals surface area contributed by atoms with Crippen molar-refractivity contribution in [3.05, 3.63) is 70.8 Å². The van der Waals surface area contributed by atoms with E-state index in [1.54, 1.807) is 6.08 Å². The monoisotopic (exact) mass is 362 g/mol. The highest BCUT2D eigenvalue weighted by Gasteiger charge is 2.34. The Labute approximate surface area is 162 Å². The van der Waals surface area contributed by atoms with Crippen molar-refractivity contribution in [3.8, 4) is 0 Å². The molecular weight excluding hydrogens is 332 g/mol. The zero-order chi connectivity index (χ0) is 19.8. The lowest BCUT2D eigenvalue weighted by Gasteiger charge is -2.19. The van der Waals surface area contributed by atoms with Crippen LogP contribution < -0.4 is 11.1 Å². The fourth-order valence-corrected chi connectivity index (χ4v) is 3.78. The molecule has 142 valence electrons. The second-order valence-electron chi connectivity index (χ2n) is 9.19. The van der Waals surface area contributed by atoms with Gasteiger partial charge < -0.3 is 11.1 Å². The number of anilines is 1. The summed E-state index contributed by atoms with van der Waals surface area (Å²) in [4.78, 5) is 12.3. The lowest BCUT2D eigenvalue weighted by molar-refractivity contribution is -0.111. The second kappa shape index (κ2) is 6.97. The molecule has 0 radical (unpaired) electrons. The quantitative estimate of drug-likeness (QED) is 0.726. The molecule has 1 aliphatic rings. The third-order valence-electron chi connectivity index (χ3n) is 5.38. The minimum Gasteiger partial charge on any atom is -0.324 e. The summed E-state index contributed by atoms with van der Waals surface area (Å²) in [7, 11) is 0. The molecule has 0 bridgehead atoms. The van der Waals surface area contributed by atoms with Gasteiger partial charge in [-0.15, -0.1) is 0 Å². The minimum absolute atomic E-state index is 0.0312. The Balaban J connectivity index is 1.68. The second-order valence-corrected chi connectivity index (χ2v) is 9.19. The average Bonchev–Trinajstić information content (AvgIpc) is 2.81. The lowest BCUT2D eigenvalue weighted by atomic mass is 9.86. The molecule has 0 heterocycles. The van der Waals surface area contributed by atoms with E-state index < -0.39 is 0 Å². The van der Waals surface area contributed by atoms with Crippen molar-refractivity contribution in [1.29, 1.82) is 0 Å². The molecule has 1 unspecified atom stereocenters. The van der Waals surface area contributed by atoms with E-state index in [2.05, 4.69) is 58.1 Å². The normalized spacial score (nSPS) is 18.5. The number of rotatable bonds is 3. The molecule has 1 atom stereocenters. The summed E-state index contributed by atoms with van der Waals surface area (Å²) < 4.78 is 0. The van der Waals surface area contributed by atoms with E-state index >= 15 is 0 Å². The molecular formula is C24H30N2O. The zero-order valence-electron chi connectivity index (χ0n) is 17.0. The number of carbonyl (C=O) groups excluding carboxylic acids is 1. The number of hydrogen-bond acceptors (Lipinski definition) is 2. The van der Waals surface area contributed by atoms with Gasteiger partial charge in [0.25, 0.3) is 0 Å².